The van der Waals surface area contributed by atoms with E-state index in [1.165, 1.54) is 0 Å². The van der Waals surface area contributed by atoms with Crippen molar-refractivity contribution in [1.82, 2.24) is 0 Å². The second-order valence-corrected chi connectivity index (χ2v) is 2.90. The second kappa shape index (κ2) is 4.54. The quantitative estimate of drug-likeness (QED) is 0.314. The molecule has 0 spiro atoms. The molecule has 14 heavy (non-hydrogen) atoms. The molecule has 1 rings (SSSR count). The van der Waals surface area contributed by atoms with Crippen LogP contribution >= 0.6 is 0 Å². The first-order chi connectivity index (χ1) is 6.57. The molecular weight excluding hydrogens is 197 g/mol. The molecule has 7 nitrogen and oxygen atoms in total. The Hall–Kier alpha value is -0.920. The van der Waals surface area contributed by atoms with E-state index in [1.807, 2.05) is 0 Å². The second-order valence-electron chi connectivity index (χ2n) is 2.90. The van der Waals surface area contributed by atoms with Crippen molar-refractivity contribution in [3.05, 3.63) is 10.4 Å². The van der Waals surface area contributed by atoms with Gasteiger partial charge in [0.2, 0.25) is 0 Å². The van der Waals surface area contributed by atoms with Gasteiger partial charge in [0.05, 0.1) is 6.54 Å². The highest BCUT2D eigenvalue weighted by Gasteiger charge is 2.45. The fourth-order valence-corrected chi connectivity index (χ4v) is 1.20. The monoisotopic (exact) mass is 207 g/mol. The first kappa shape index (κ1) is 11.2. The fourth-order valence-electron chi connectivity index (χ4n) is 1.20. The summed E-state index contributed by atoms with van der Waals surface area (Å²) in [4.78, 5) is 2.33. The molecule has 0 amide bonds. The maximum atomic E-state index is 13.1. The Morgan fingerprint density at radius 2 is 2.07 bits per heavy atom. The van der Waals surface area contributed by atoms with E-state index >= 15 is 0 Å². The van der Waals surface area contributed by atoms with Gasteiger partial charge in [-0.2, -0.15) is 0 Å². The number of alkyl halides is 1. The lowest BCUT2D eigenvalue weighted by molar-refractivity contribution is -0.136. The highest BCUT2D eigenvalue weighted by molar-refractivity contribution is 4.90. The van der Waals surface area contributed by atoms with Crippen LogP contribution in [0.5, 0.6) is 0 Å². The molecule has 0 aromatic heterocycles. The Labute approximate surface area is 78.4 Å². The summed E-state index contributed by atoms with van der Waals surface area (Å²) in [5, 5.41) is 30.1. The summed E-state index contributed by atoms with van der Waals surface area (Å²) in [5.74, 6) is 0. The van der Waals surface area contributed by atoms with Crippen molar-refractivity contribution in [3.63, 3.8) is 0 Å². The van der Waals surface area contributed by atoms with Gasteiger partial charge in [-0.1, -0.05) is 5.11 Å². The summed E-state index contributed by atoms with van der Waals surface area (Å²) in [5.41, 5.74) is 7.92. The van der Waals surface area contributed by atoms with Gasteiger partial charge in [-0.15, -0.1) is 0 Å². The van der Waals surface area contributed by atoms with E-state index < -0.39 is 37.3 Å². The summed E-state index contributed by atoms with van der Waals surface area (Å²) in [7, 11) is 0. The molecule has 1 saturated heterocycles. The molecule has 1 aliphatic heterocycles. The molecule has 8 heteroatoms. The summed E-state index contributed by atoms with van der Waals surface area (Å²) >= 11 is 0. The highest BCUT2D eigenvalue weighted by Crippen LogP contribution is 2.23. The zero-order valence-corrected chi connectivity index (χ0v) is 7.06. The number of hydrogen-bond acceptors (Lipinski definition) is 5. The van der Waals surface area contributed by atoms with E-state index in [2.05, 4.69) is 14.8 Å². The normalized spacial score (nSPS) is 39.1. The molecule has 5 atom stereocenters. The predicted octanol–water partition coefficient (Wildman–Crippen LogP) is -0.926. The lowest BCUT2D eigenvalue weighted by atomic mass is 10.1. The molecule has 0 saturated carbocycles. The fraction of sp³-hybridized carbons (Fsp3) is 1.00. The van der Waals surface area contributed by atoms with Crippen LogP contribution in [0.4, 0.5) is 4.39 Å². The Morgan fingerprint density at radius 1 is 1.43 bits per heavy atom. The summed E-state index contributed by atoms with van der Waals surface area (Å²) < 4.78 is 17.7. The molecule has 0 aromatic carbocycles. The number of ether oxygens (including phenoxy) is 1. The summed E-state index contributed by atoms with van der Waals surface area (Å²) in [6.45, 7) is -0.516. The molecule has 3 N–H and O–H groups in total. The zero-order valence-electron chi connectivity index (χ0n) is 7.06. The van der Waals surface area contributed by atoms with Gasteiger partial charge in [0.25, 0.3) is 0 Å². The van der Waals surface area contributed by atoms with Crippen molar-refractivity contribution in [2.45, 2.75) is 30.8 Å². The standard InChI is InChI=1S/C6H10FN3O4/c7-2(1-9-10-8)5-3(11)4(12)6(13)14-5/h2-6,11-13H,1H2/t2?,3?,4?,5-,6-/m1/s1. The molecule has 0 aromatic rings. The van der Waals surface area contributed by atoms with Crippen molar-refractivity contribution in [2.75, 3.05) is 6.54 Å². The average molecular weight is 207 g/mol. The van der Waals surface area contributed by atoms with Crippen LogP contribution in [-0.2, 0) is 4.74 Å². The van der Waals surface area contributed by atoms with Gasteiger partial charge in [-0.05, 0) is 5.53 Å². The molecule has 1 aliphatic rings. The smallest absolute Gasteiger partial charge is 0.184 e. The first-order valence-electron chi connectivity index (χ1n) is 3.92. The largest absolute Gasteiger partial charge is 0.387 e. The number of nitrogens with zero attached hydrogens (tertiary/aromatic N) is 3. The van der Waals surface area contributed by atoms with Crippen molar-refractivity contribution >= 4 is 0 Å². The molecule has 1 heterocycles. The van der Waals surface area contributed by atoms with Crippen LogP contribution < -0.4 is 0 Å². The van der Waals surface area contributed by atoms with Crippen LogP contribution in [0.1, 0.15) is 0 Å². The van der Waals surface area contributed by atoms with Gasteiger partial charge in [-0.25, -0.2) is 4.39 Å². The summed E-state index contributed by atoms with van der Waals surface area (Å²) in [6.07, 6.45) is -7.80. The van der Waals surface area contributed by atoms with Crippen LogP contribution in [0.15, 0.2) is 5.11 Å². The molecule has 0 radical (unpaired) electrons. The molecule has 80 valence electrons. The Bertz CT molecular complexity index is 247. The first-order valence-corrected chi connectivity index (χ1v) is 3.92. The molecule has 0 aliphatic carbocycles. The predicted molar refractivity (Wildman–Crippen MR) is 41.8 cm³/mol. The van der Waals surface area contributed by atoms with E-state index in [9.17, 15) is 9.50 Å². The third-order valence-electron chi connectivity index (χ3n) is 1.95. The Balaban J connectivity index is 2.56. The Morgan fingerprint density at radius 3 is 2.50 bits per heavy atom. The number of rotatable bonds is 3. The number of hydrogen-bond donors (Lipinski definition) is 3. The lowest BCUT2D eigenvalue weighted by Gasteiger charge is -2.16. The number of halogens is 1. The minimum atomic E-state index is -1.76. The van der Waals surface area contributed by atoms with Gasteiger partial charge in [0.1, 0.15) is 24.5 Å². The van der Waals surface area contributed by atoms with Crippen molar-refractivity contribution in [2.24, 2.45) is 5.11 Å². The van der Waals surface area contributed by atoms with Crippen LogP contribution in [-0.4, -0.2) is 52.6 Å². The Kier molecular flexibility index (Phi) is 3.62. The van der Waals surface area contributed by atoms with E-state index in [-0.39, 0.29) is 0 Å². The third-order valence-corrected chi connectivity index (χ3v) is 1.95. The van der Waals surface area contributed by atoms with E-state index in [1.54, 1.807) is 0 Å². The number of aliphatic hydroxyl groups is 3. The SMILES string of the molecule is [N-]=[N+]=NCC(F)[C@H]1O[C@@H](O)C(O)C1O. The highest BCUT2D eigenvalue weighted by atomic mass is 19.1. The third kappa shape index (κ3) is 2.11. The zero-order chi connectivity index (χ0) is 10.7. The topological polar surface area (TPSA) is 119 Å². The van der Waals surface area contributed by atoms with Crippen LogP contribution in [0.3, 0.4) is 0 Å². The van der Waals surface area contributed by atoms with E-state index in [0.29, 0.717) is 0 Å². The van der Waals surface area contributed by atoms with Crippen molar-refractivity contribution in [1.29, 1.82) is 0 Å². The number of azide groups is 1. The molecule has 3 unspecified atom stereocenters. The van der Waals surface area contributed by atoms with Gasteiger partial charge < -0.3 is 20.1 Å². The minimum Gasteiger partial charge on any atom is -0.387 e. The number of aliphatic hydroxyl groups excluding tert-OH is 3. The van der Waals surface area contributed by atoms with Gasteiger partial charge >= 0.3 is 0 Å². The van der Waals surface area contributed by atoms with E-state index in [4.69, 9.17) is 15.7 Å². The van der Waals surface area contributed by atoms with Crippen molar-refractivity contribution < 1.29 is 24.4 Å². The van der Waals surface area contributed by atoms with Crippen molar-refractivity contribution in [3.8, 4) is 0 Å². The molecule has 1 fully saturated rings. The van der Waals surface area contributed by atoms with Crippen LogP contribution in [0, 0.1) is 0 Å². The maximum Gasteiger partial charge on any atom is 0.184 e. The van der Waals surface area contributed by atoms with Crippen LogP contribution in [0.25, 0.3) is 10.4 Å². The maximum absolute atomic E-state index is 13.1. The van der Waals surface area contributed by atoms with Gasteiger partial charge in [0, 0.05) is 4.91 Å². The minimum absolute atomic E-state index is 0.516. The average Bonchev–Trinajstić information content (AvgIpc) is 2.42. The van der Waals surface area contributed by atoms with E-state index in [0.717, 1.165) is 0 Å². The van der Waals surface area contributed by atoms with Gasteiger partial charge in [0.15, 0.2) is 6.29 Å². The summed E-state index contributed by atoms with van der Waals surface area (Å²) in [6, 6.07) is 0. The lowest BCUT2D eigenvalue weighted by Crippen LogP contribution is -2.38. The molecule has 0 bridgehead atoms. The van der Waals surface area contributed by atoms with Crippen LogP contribution in [0.2, 0.25) is 0 Å². The van der Waals surface area contributed by atoms with Gasteiger partial charge in [-0.3, -0.25) is 0 Å². The molecular formula is C6H10FN3O4.